The molecule has 21 heavy (non-hydrogen) atoms. The van der Waals surface area contributed by atoms with Crippen LogP contribution in [0.3, 0.4) is 0 Å². The lowest BCUT2D eigenvalue weighted by atomic mass is 9.94. The summed E-state index contributed by atoms with van der Waals surface area (Å²) in [6.07, 6.45) is 4.25. The van der Waals surface area contributed by atoms with E-state index in [-0.39, 0.29) is 17.9 Å². The molecule has 5 heteroatoms. The van der Waals surface area contributed by atoms with Crippen molar-refractivity contribution in [2.75, 3.05) is 6.61 Å². The fraction of sp³-hybridized carbons (Fsp3) is 0.375. The molecule has 1 amide bonds. The second-order valence-electron chi connectivity index (χ2n) is 5.35. The number of nitrogens with one attached hydrogen (secondary N) is 1. The van der Waals surface area contributed by atoms with Gasteiger partial charge < -0.3 is 14.6 Å². The van der Waals surface area contributed by atoms with Gasteiger partial charge in [-0.1, -0.05) is 30.3 Å². The highest BCUT2D eigenvalue weighted by Gasteiger charge is 2.34. The molecule has 1 saturated heterocycles. The number of carbonyl (C=O) groups excluding carboxylic acids is 1. The smallest absolute Gasteiger partial charge is 0.226 e. The quantitative estimate of drug-likeness (QED) is 0.932. The first-order valence-electron chi connectivity index (χ1n) is 7.15. The third-order valence-electron chi connectivity index (χ3n) is 3.76. The molecule has 1 fully saturated rings. The van der Waals surface area contributed by atoms with E-state index in [1.807, 2.05) is 48.1 Å². The largest absolute Gasteiger partial charge is 0.373 e. The molecule has 1 aliphatic heterocycles. The van der Waals surface area contributed by atoms with E-state index in [0.29, 0.717) is 13.2 Å². The topological polar surface area (TPSA) is 56.2 Å². The number of rotatable bonds is 4. The number of amides is 1. The van der Waals surface area contributed by atoms with Crippen LogP contribution >= 0.6 is 0 Å². The predicted molar refractivity (Wildman–Crippen MR) is 78.3 cm³/mol. The van der Waals surface area contributed by atoms with Crippen molar-refractivity contribution >= 4 is 5.91 Å². The van der Waals surface area contributed by atoms with E-state index in [4.69, 9.17) is 4.74 Å². The van der Waals surface area contributed by atoms with Crippen LogP contribution in [0.15, 0.2) is 42.9 Å². The molecule has 1 aliphatic rings. The molecule has 110 valence electrons. The lowest BCUT2D eigenvalue weighted by Crippen LogP contribution is -2.32. The predicted octanol–water partition coefficient (Wildman–Crippen LogP) is 1.81. The van der Waals surface area contributed by atoms with Crippen molar-refractivity contribution < 1.29 is 9.53 Å². The zero-order valence-electron chi connectivity index (χ0n) is 12.0. The van der Waals surface area contributed by atoms with E-state index in [2.05, 4.69) is 10.3 Å². The highest BCUT2D eigenvalue weighted by molar-refractivity contribution is 5.79. The maximum absolute atomic E-state index is 12.4. The molecular formula is C16H19N3O2. The molecule has 2 atom stereocenters. The summed E-state index contributed by atoms with van der Waals surface area (Å²) in [6.45, 7) is 1.08. The van der Waals surface area contributed by atoms with Gasteiger partial charge in [-0.15, -0.1) is 0 Å². The Balaban J connectivity index is 1.63. The lowest BCUT2D eigenvalue weighted by molar-refractivity contribution is -0.127. The minimum atomic E-state index is -0.144. The first-order valence-corrected chi connectivity index (χ1v) is 7.15. The van der Waals surface area contributed by atoms with E-state index in [1.54, 1.807) is 6.33 Å². The number of imidazole rings is 1. The number of hydrogen-bond donors (Lipinski definition) is 1. The summed E-state index contributed by atoms with van der Waals surface area (Å²) >= 11 is 0. The van der Waals surface area contributed by atoms with Gasteiger partial charge in [-0.05, 0) is 12.0 Å². The normalized spacial score (nSPS) is 21.4. The molecule has 0 unspecified atom stereocenters. The third kappa shape index (κ3) is 3.13. The van der Waals surface area contributed by atoms with E-state index in [1.165, 1.54) is 0 Å². The Morgan fingerprint density at radius 1 is 1.43 bits per heavy atom. The van der Waals surface area contributed by atoms with Gasteiger partial charge in [0.25, 0.3) is 0 Å². The van der Waals surface area contributed by atoms with E-state index in [0.717, 1.165) is 17.7 Å². The van der Waals surface area contributed by atoms with Gasteiger partial charge in [0, 0.05) is 19.9 Å². The van der Waals surface area contributed by atoms with Gasteiger partial charge >= 0.3 is 0 Å². The van der Waals surface area contributed by atoms with Crippen LogP contribution in [0.2, 0.25) is 0 Å². The molecule has 1 aromatic carbocycles. The van der Waals surface area contributed by atoms with Gasteiger partial charge in [0.1, 0.15) is 0 Å². The zero-order chi connectivity index (χ0) is 14.7. The fourth-order valence-electron chi connectivity index (χ4n) is 2.70. The molecule has 3 rings (SSSR count). The molecule has 1 aromatic heterocycles. The Kier molecular flexibility index (Phi) is 4.01. The second kappa shape index (κ2) is 6.10. The number of benzene rings is 1. The van der Waals surface area contributed by atoms with Crippen molar-refractivity contribution in [2.45, 2.75) is 19.1 Å². The Bertz CT molecular complexity index is 609. The summed E-state index contributed by atoms with van der Waals surface area (Å²) in [5, 5.41) is 2.96. The molecule has 5 nitrogen and oxygen atoms in total. The molecular weight excluding hydrogens is 266 g/mol. The van der Waals surface area contributed by atoms with Crippen LogP contribution in [-0.4, -0.2) is 22.1 Å². The molecule has 1 N–H and O–H groups in total. The van der Waals surface area contributed by atoms with Crippen molar-refractivity contribution in [3.8, 4) is 0 Å². The summed E-state index contributed by atoms with van der Waals surface area (Å²) in [5.41, 5.74) is 1.93. The molecule has 0 aliphatic carbocycles. The minimum Gasteiger partial charge on any atom is -0.373 e. The second-order valence-corrected chi connectivity index (χ2v) is 5.35. The van der Waals surface area contributed by atoms with Crippen LogP contribution in [0.25, 0.3) is 0 Å². The van der Waals surface area contributed by atoms with Crippen molar-refractivity contribution in [1.29, 1.82) is 0 Å². The molecule has 2 heterocycles. The minimum absolute atomic E-state index is 0.0343. The highest BCUT2D eigenvalue weighted by atomic mass is 16.5. The van der Waals surface area contributed by atoms with Gasteiger partial charge in [0.15, 0.2) is 0 Å². The lowest BCUT2D eigenvalue weighted by Gasteiger charge is -2.18. The number of aromatic nitrogens is 2. The average molecular weight is 285 g/mol. The summed E-state index contributed by atoms with van der Waals surface area (Å²) in [6, 6.07) is 9.93. The summed E-state index contributed by atoms with van der Waals surface area (Å²) in [4.78, 5) is 16.6. The van der Waals surface area contributed by atoms with Gasteiger partial charge in [-0.3, -0.25) is 4.79 Å². The standard InChI is InChI=1S/C16H19N3O2/c1-19-10-13(18-11-19)9-17-16(20)14-7-8-21-15(14)12-5-3-2-4-6-12/h2-6,10-11,14-15H,7-9H2,1H3,(H,17,20)/t14-,15+/m1/s1. The van der Waals surface area contributed by atoms with E-state index >= 15 is 0 Å². The Hall–Kier alpha value is -2.14. The molecule has 2 aromatic rings. The first-order chi connectivity index (χ1) is 10.2. The average Bonchev–Trinajstić information content (AvgIpc) is 3.14. The van der Waals surface area contributed by atoms with Gasteiger partial charge in [0.2, 0.25) is 5.91 Å². The first kappa shape index (κ1) is 13.8. The van der Waals surface area contributed by atoms with Crippen LogP contribution in [0.1, 0.15) is 23.8 Å². The molecule has 0 spiro atoms. The highest BCUT2D eigenvalue weighted by Crippen LogP contribution is 2.34. The maximum atomic E-state index is 12.4. The Morgan fingerprint density at radius 3 is 2.95 bits per heavy atom. The van der Waals surface area contributed by atoms with E-state index < -0.39 is 0 Å². The van der Waals surface area contributed by atoms with Crippen LogP contribution in [-0.2, 0) is 23.1 Å². The van der Waals surface area contributed by atoms with Crippen molar-refractivity contribution in [2.24, 2.45) is 13.0 Å². The van der Waals surface area contributed by atoms with E-state index in [9.17, 15) is 4.79 Å². The Morgan fingerprint density at radius 2 is 2.24 bits per heavy atom. The van der Waals surface area contributed by atoms with Crippen molar-refractivity contribution in [1.82, 2.24) is 14.9 Å². The third-order valence-corrected chi connectivity index (χ3v) is 3.76. The summed E-state index contributed by atoms with van der Waals surface area (Å²) < 4.78 is 7.62. The zero-order valence-corrected chi connectivity index (χ0v) is 12.0. The number of aryl methyl sites for hydroxylation is 1. The molecule has 0 saturated carbocycles. The monoisotopic (exact) mass is 285 g/mol. The number of carbonyl (C=O) groups is 1. The van der Waals surface area contributed by atoms with Crippen LogP contribution < -0.4 is 5.32 Å². The maximum Gasteiger partial charge on any atom is 0.226 e. The van der Waals surface area contributed by atoms with Gasteiger partial charge in [0.05, 0.1) is 30.6 Å². The number of nitrogens with zero attached hydrogens (tertiary/aromatic N) is 2. The number of ether oxygens (including phenoxy) is 1. The number of hydrogen-bond acceptors (Lipinski definition) is 3. The van der Waals surface area contributed by atoms with Gasteiger partial charge in [-0.2, -0.15) is 0 Å². The van der Waals surface area contributed by atoms with Crippen molar-refractivity contribution in [3.05, 3.63) is 54.1 Å². The van der Waals surface area contributed by atoms with Crippen LogP contribution in [0.5, 0.6) is 0 Å². The van der Waals surface area contributed by atoms with Crippen molar-refractivity contribution in [3.63, 3.8) is 0 Å². The van der Waals surface area contributed by atoms with Gasteiger partial charge in [-0.25, -0.2) is 4.98 Å². The van der Waals surface area contributed by atoms with Crippen LogP contribution in [0.4, 0.5) is 0 Å². The molecule has 0 bridgehead atoms. The molecule has 0 radical (unpaired) electrons. The summed E-state index contributed by atoms with van der Waals surface area (Å²) in [5.74, 6) is -0.0943. The SMILES string of the molecule is Cn1cnc(CNC(=O)[C@@H]2CCO[C@H]2c2ccccc2)c1. The Labute approximate surface area is 124 Å². The fourth-order valence-corrected chi connectivity index (χ4v) is 2.70. The summed E-state index contributed by atoms with van der Waals surface area (Å²) in [7, 11) is 1.91. The van der Waals surface area contributed by atoms with Crippen LogP contribution in [0, 0.1) is 5.92 Å².